The second kappa shape index (κ2) is 7.85. The molecule has 0 amide bonds. The molecule has 1 N–H and O–H groups in total. The van der Waals surface area contributed by atoms with Crippen LogP contribution in [-0.2, 0) is 16.1 Å². The minimum Gasteiger partial charge on any atom is -0.461 e. The van der Waals surface area contributed by atoms with Gasteiger partial charge in [0.25, 0.3) is 0 Å². The van der Waals surface area contributed by atoms with Gasteiger partial charge < -0.3 is 10.1 Å². The second-order valence-electron chi connectivity index (χ2n) is 5.33. The zero-order valence-corrected chi connectivity index (χ0v) is 12.2. The summed E-state index contributed by atoms with van der Waals surface area (Å²) in [7, 11) is 0. The summed E-state index contributed by atoms with van der Waals surface area (Å²) in [4.78, 5) is 11.6. The molecule has 1 aliphatic carbocycles. The van der Waals surface area contributed by atoms with E-state index in [4.69, 9.17) is 4.74 Å². The molecule has 0 fully saturated rings. The predicted molar refractivity (Wildman–Crippen MR) is 80.4 cm³/mol. The van der Waals surface area contributed by atoms with Gasteiger partial charge in [0.1, 0.15) is 6.61 Å². The van der Waals surface area contributed by atoms with Crippen LogP contribution in [-0.4, -0.2) is 19.1 Å². The van der Waals surface area contributed by atoms with Crippen molar-refractivity contribution in [3.8, 4) is 0 Å². The highest BCUT2D eigenvalue weighted by molar-refractivity contribution is 5.69. The zero-order valence-electron chi connectivity index (χ0n) is 12.2. The van der Waals surface area contributed by atoms with Gasteiger partial charge in [0.05, 0.1) is 6.42 Å². The summed E-state index contributed by atoms with van der Waals surface area (Å²) >= 11 is 0. The molecule has 3 nitrogen and oxygen atoms in total. The van der Waals surface area contributed by atoms with Crippen LogP contribution in [0.1, 0.15) is 36.8 Å². The van der Waals surface area contributed by atoms with E-state index in [1.165, 1.54) is 23.1 Å². The lowest BCUT2D eigenvalue weighted by Gasteiger charge is -2.07. The van der Waals surface area contributed by atoms with Gasteiger partial charge in [0.15, 0.2) is 0 Å². The molecular weight excluding hydrogens is 250 g/mol. The first-order valence-electron chi connectivity index (χ1n) is 7.34. The van der Waals surface area contributed by atoms with Crippen molar-refractivity contribution in [3.05, 3.63) is 47.0 Å². The molecule has 2 rings (SSSR count). The summed E-state index contributed by atoms with van der Waals surface area (Å²) in [6, 6.07) is 8.37. The smallest absolute Gasteiger partial charge is 0.307 e. The molecule has 0 heterocycles. The number of aryl methyl sites for hydroxylation is 1. The van der Waals surface area contributed by atoms with E-state index >= 15 is 0 Å². The summed E-state index contributed by atoms with van der Waals surface area (Å²) in [5.74, 6) is -0.116. The Labute approximate surface area is 121 Å². The van der Waals surface area contributed by atoms with Crippen LogP contribution in [0.3, 0.4) is 0 Å². The lowest BCUT2D eigenvalue weighted by molar-refractivity contribution is -0.142. The number of allylic oxidation sites excluding steroid dienone is 1. The number of ether oxygens (including phenoxy) is 1. The highest BCUT2D eigenvalue weighted by atomic mass is 16.5. The van der Waals surface area contributed by atoms with Gasteiger partial charge in [-0.05, 0) is 37.3 Å². The molecule has 0 aliphatic heterocycles. The number of nitrogens with one attached hydrogen (secondary N) is 1. The summed E-state index contributed by atoms with van der Waals surface area (Å²) in [5.41, 5.74) is 3.77. The molecule has 1 aromatic rings. The quantitative estimate of drug-likeness (QED) is 0.471. The van der Waals surface area contributed by atoms with Crippen molar-refractivity contribution in [2.24, 2.45) is 0 Å². The summed E-state index contributed by atoms with van der Waals surface area (Å²) < 4.78 is 5.25. The van der Waals surface area contributed by atoms with E-state index in [-0.39, 0.29) is 5.97 Å². The largest absolute Gasteiger partial charge is 0.461 e. The van der Waals surface area contributed by atoms with Crippen LogP contribution >= 0.6 is 0 Å². The first-order chi connectivity index (χ1) is 9.74. The van der Waals surface area contributed by atoms with Crippen molar-refractivity contribution in [1.82, 2.24) is 5.32 Å². The third kappa shape index (κ3) is 5.17. The number of hydrogen-bond acceptors (Lipinski definition) is 3. The van der Waals surface area contributed by atoms with Crippen LogP contribution in [0.2, 0.25) is 0 Å². The predicted octanol–water partition coefficient (Wildman–Crippen LogP) is 3.13. The summed E-state index contributed by atoms with van der Waals surface area (Å²) in [5, 5.41) is 3.27. The Bertz CT molecular complexity index is 480. The SMILES string of the molecule is Cc1cccc(CNCCC(=O)OCC2=CCCC2)c1. The maximum Gasteiger partial charge on any atom is 0.307 e. The molecule has 0 unspecified atom stereocenters. The molecule has 0 saturated heterocycles. The van der Waals surface area contributed by atoms with E-state index in [9.17, 15) is 4.79 Å². The maximum atomic E-state index is 11.6. The first kappa shape index (κ1) is 14.8. The van der Waals surface area contributed by atoms with Gasteiger partial charge in [-0.25, -0.2) is 0 Å². The maximum absolute atomic E-state index is 11.6. The highest BCUT2D eigenvalue weighted by Gasteiger charge is 2.08. The fourth-order valence-electron chi connectivity index (χ4n) is 2.36. The highest BCUT2D eigenvalue weighted by Crippen LogP contribution is 2.17. The second-order valence-corrected chi connectivity index (χ2v) is 5.33. The van der Waals surface area contributed by atoms with E-state index in [1.807, 2.05) is 0 Å². The van der Waals surface area contributed by atoms with Crippen molar-refractivity contribution in [1.29, 1.82) is 0 Å². The molecule has 0 radical (unpaired) electrons. The molecule has 0 aromatic heterocycles. The Morgan fingerprint density at radius 1 is 1.40 bits per heavy atom. The van der Waals surface area contributed by atoms with Crippen LogP contribution in [0, 0.1) is 6.92 Å². The molecule has 0 bridgehead atoms. The van der Waals surface area contributed by atoms with Gasteiger partial charge in [-0.1, -0.05) is 35.9 Å². The first-order valence-corrected chi connectivity index (χ1v) is 7.34. The lowest BCUT2D eigenvalue weighted by Crippen LogP contribution is -2.19. The Balaban J connectivity index is 1.57. The molecule has 1 aromatic carbocycles. The molecule has 1 aliphatic rings. The van der Waals surface area contributed by atoms with Crippen LogP contribution in [0.5, 0.6) is 0 Å². The average molecular weight is 273 g/mol. The van der Waals surface area contributed by atoms with E-state index in [0.717, 1.165) is 19.4 Å². The number of hydrogen-bond donors (Lipinski definition) is 1. The van der Waals surface area contributed by atoms with Gasteiger partial charge in [-0.15, -0.1) is 0 Å². The van der Waals surface area contributed by atoms with Crippen LogP contribution in [0.4, 0.5) is 0 Å². The van der Waals surface area contributed by atoms with Gasteiger partial charge in [0, 0.05) is 13.1 Å². The van der Waals surface area contributed by atoms with Crippen molar-refractivity contribution >= 4 is 5.97 Å². The van der Waals surface area contributed by atoms with Crippen LogP contribution < -0.4 is 5.32 Å². The molecule has 0 spiro atoms. The van der Waals surface area contributed by atoms with Crippen molar-refractivity contribution < 1.29 is 9.53 Å². The molecule has 20 heavy (non-hydrogen) atoms. The molecule has 0 atom stereocenters. The van der Waals surface area contributed by atoms with Gasteiger partial charge >= 0.3 is 5.97 Å². The Morgan fingerprint density at radius 3 is 3.05 bits per heavy atom. The fourth-order valence-corrected chi connectivity index (χ4v) is 2.36. The third-order valence-corrected chi connectivity index (χ3v) is 3.47. The van der Waals surface area contributed by atoms with E-state index in [1.54, 1.807) is 0 Å². The van der Waals surface area contributed by atoms with Crippen molar-refractivity contribution in [3.63, 3.8) is 0 Å². The third-order valence-electron chi connectivity index (χ3n) is 3.47. The number of carbonyl (C=O) groups is 1. The summed E-state index contributed by atoms with van der Waals surface area (Å²) in [6.07, 6.45) is 6.02. The topological polar surface area (TPSA) is 38.3 Å². The van der Waals surface area contributed by atoms with Crippen molar-refractivity contribution in [2.75, 3.05) is 13.2 Å². The van der Waals surface area contributed by atoms with Gasteiger partial charge in [-0.2, -0.15) is 0 Å². The molecule has 108 valence electrons. The Hall–Kier alpha value is -1.61. The lowest BCUT2D eigenvalue weighted by atomic mass is 10.1. The van der Waals surface area contributed by atoms with Gasteiger partial charge in [0.2, 0.25) is 0 Å². The van der Waals surface area contributed by atoms with Crippen LogP contribution in [0.25, 0.3) is 0 Å². The number of esters is 1. The Morgan fingerprint density at radius 2 is 2.30 bits per heavy atom. The number of carbonyl (C=O) groups excluding carboxylic acids is 1. The fraction of sp³-hybridized carbons (Fsp3) is 0.471. The van der Waals surface area contributed by atoms with E-state index < -0.39 is 0 Å². The minimum absolute atomic E-state index is 0.116. The van der Waals surface area contributed by atoms with Crippen molar-refractivity contribution in [2.45, 2.75) is 39.2 Å². The minimum atomic E-state index is -0.116. The zero-order chi connectivity index (χ0) is 14.2. The Kier molecular flexibility index (Phi) is 5.81. The molecule has 0 saturated carbocycles. The molecule has 3 heteroatoms. The van der Waals surface area contributed by atoms with Gasteiger partial charge in [-0.3, -0.25) is 4.79 Å². The normalized spacial score (nSPS) is 14.2. The van der Waals surface area contributed by atoms with Crippen LogP contribution in [0.15, 0.2) is 35.9 Å². The summed E-state index contributed by atoms with van der Waals surface area (Å²) in [6.45, 7) is 4.02. The monoisotopic (exact) mass is 273 g/mol. The number of rotatable bonds is 7. The standard InChI is InChI=1S/C17H23NO2/c1-14-5-4-8-16(11-14)12-18-10-9-17(19)20-13-15-6-2-3-7-15/h4-6,8,11,18H,2-3,7,9-10,12-13H2,1H3. The average Bonchev–Trinajstić information content (AvgIpc) is 2.95. The van der Waals surface area contributed by atoms with E-state index in [2.05, 4.69) is 42.6 Å². The number of benzene rings is 1. The van der Waals surface area contributed by atoms with E-state index in [0.29, 0.717) is 19.6 Å². The molecular formula is C17H23NO2.